The highest BCUT2D eigenvalue weighted by molar-refractivity contribution is 7.91. The van der Waals surface area contributed by atoms with Crippen LogP contribution >= 0.6 is 0 Å². The van der Waals surface area contributed by atoms with Crippen LogP contribution in [0.3, 0.4) is 0 Å². The Bertz CT molecular complexity index is 1800. The molecule has 1 aliphatic heterocycles. The molecule has 2 atom stereocenters. The lowest BCUT2D eigenvalue weighted by Gasteiger charge is -2.29. The van der Waals surface area contributed by atoms with E-state index in [0.717, 1.165) is 0 Å². The van der Waals surface area contributed by atoms with E-state index in [1.54, 1.807) is 16.9 Å². The Kier molecular flexibility index (Phi) is 9.21. The number of nitriles is 1. The van der Waals surface area contributed by atoms with E-state index < -0.39 is 51.3 Å². The summed E-state index contributed by atoms with van der Waals surface area (Å²) in [5.41, 5.74) is -0.142. The number of anilines is 2. The lowest BCUT2D eigenvalue weighted by Crippen LogP contribution is -2.44. The summed E-state index contributed by atoms with van der Waals surface area (Å²) >= 11 is 0. The summed E-state index contributed by atoms with van der Waals surface area (Å²) < 4.78 is 90.6. The van der Waals surface area contributed by atoms with Crippen LogP contribution in [-0.4, -0.2) is 49.2 Å². The summed E-state index contributed by atoms with van der Waals surface area (Å²) in [5, 5.41) is 15.2. The van der Waals surface area contributed by atoms with Crippen LogP contribution in [-0.2, 0) is 15.8 Å². The molecule has 15 heteroatoms. The molecule has 0 spiro atoms. The van der Waals surface area contributed by atoms with Crippen molar-refractivity contribution >= 4 is 21.7 Å². The summed E-state index contributed by atoms with van der Waals surface area (Å²) in [4.78, 5) is 12.7. The molecule has 0 saturated carbocycles. The fourth-order valence-electron chi connectivity index (χ4n) is 4.62. The summed E-state index contributed by atoms with van der Waals surface area (Å²) in [6.45, 7) is 0.712. The van der Waals surface area contributed by atoms with Crippen molar-refractivity contribution in [2.24, 2.45) is 5.92 Å². The number of rotatable bonds is 10. The van der Waals surface area contributed by atoms with Crippen LogP contribution in [0.15, 0.2) is 60.9 Å². The second kappa shape index (κ2) is 13.2. The summed E-state index contributed by atoms with van der Waals surface area (Å²) in [6.07, 6.45) is 3.36. The number of nitrogens with one attached hydrogen (secondary N) is 3. The van der Waals surface area contributed by atoms with Crippen molar-refractivity contribution in [3.05, 3.63) is 89.5 Å². The monoisotopic (exact) mass is 627 g/mol. The van der Waals surface area contributed by atoms with Crippen molar-refractivity contribution in [2.45, 2.75) is 18.2 Å². The fourth-order valence-corrected chi connectivity index (χ4v) is 5.82. The van der Waals surface area contributed by atoms with Crippen LogP contribution in [0.25, 0.3) is 11.3 Å². The number of piperidine rings is 1. The van der Waals surface area contributed by atoms with Gasteiger partial charge in [-0.2, -0.15) is 9.65 Å². The number of alkyl halides is 1. The van der Waals surface area contributed by atoms with Gasteiger partial charge in [-0.15, -0.1) is 0 Å². The van der Waals surface area contributed by atoms with Gasteiger partial charge in [0.2, 0.25) is 27.7 Å². The van der Waals surface area contributed by atoms with Crippen LogP contribution in [0.5, 0.6) is 11.6 Å². The van der Waals surface area contributed by atoms with Gasteiger partial charge < -0.3 is 15.4 Å². The van der Waals surface area contributed by atoms with Crippen LogP contribution in [0.2, 0.25) is 0 Å². The highest BCUT2D eigenvalue weighted by atomic mass is 32.2. The number of halogens is 4. The first-order valence-electron chi connectivity index (χ1n) is 13.3. The standard InChI is InChI=1S/C29H25F4N7O3S/c30-12-19-10-20(15-35-14-19)38-29-37-9-7-23(39-29)21-2-1-8-36-28(21)43-24-11-22(31)27(26(33)25(24)32)40-44(41,42)16-18-5-3-17(13-34)4-6-18/h1-9,11,19-20,35,40H,10,12,14-16H2,(H,37,38,39)/t19-,20?/m0/s1. The van der Waals surface area contributed by atoms with E-state index in [2.05, 4.69) is 25.6 Å². The van der Waals surface area contributed by atoms with Gasteiger partial charge in [-0.1, -0.05) is 12.1 Å². The zero-order chi connectivity index (χ0) is 31.3. The highest BCUT2D eigenvalue weighted by Crippen LogP contribution is 2.36. The number of hydrogen-bond donors (Lipinski definition) is 3. The first-order valence-corrected chi connectivity index (χ1v) is 15.0. The Morgan fingerprint density at radius 3 is 2.59 bits per heavy atom. The summed E-state index contributed by atoms with van der Waals surface area (Å²) in [5.74, 6) is -6.60. The number of nitrogens with zero attached hydrogens (tertiary/aromatic N) is 4. The number of hydrogen-bond acceptors (Lipinski definition) is 9. The highest BCUT2D eigenvalue weighted by Gasteiger charge is 2.26. The van der Waals surface area contributed by atoms with Gasteiger partial charge in [0.1, 0.15) is 5.69 Å². The summed E-state index contributed by atoms with van der Waals surface area (Å²) in [6, 6.07) is 12.4. The Balaban J connectivity index is 1.36. The molecule has 0 amide bonds. The van der Waals surface area contributed by atoms with Gasteiger partial charge in [0, 0.05) is 43.5 Å². The Morgan fingerprint density at radius 2 is 1.84 bits per heavy atom. The maximum atomic E-state index is 15.1. The minimum Gasteiger partial charge on any atom is -0.435 e. The number of aromatic nitrogens is 3. The van der Waals surface area contributed by atoms with Gasteiger partial charge in [-0.25, -0.2) is 32.2 Å². The lowest BCUT2D eigenvalue weighted by molar-refractivity contribution is 0.282. The maximum Gasteiger partial charge on any atom is 0.237 e. The van der Waals surface area contributed by atoms with E-state index >= 15 is 8.78 Å². The van der Waals surface area contributed by atoms with Crippen molar-refractivity contribution in [3.8, 4) is 29.0 Å². The Labute approximate surface area is 250 Å². The van der Waals surface area contributed by atoms with Crippen LogP contribution in [0, 0.1) is 34.7 Å². The van der Waals surface area contributed by atoms with E-state index in [4.69, 9.17) is 10.00 Å². The molecule has 0 bridgehead atoms. The Hall–Kier alpha value is -4.81. The molecule has 10 nitrogen and oxygen atoms in total. The molecule has 2 aromatic heterocycles. The van der Waals surface area contributed by atoms with E-state index in [0.29, 0.717) is 36.8 Å². The smallest absolute Gasteiger partial charge is 0.237 e. The zero-order valence-corrected chi connectivity index (χ0v) is 23.7. The molecule has 1 unspecified atom stereocenters. The molecule has 44 heavy (non-hydrogen) atoms. The molecule has 2 aromatic carbocycles. The number of sulfonamides is 1. The van der Waals surface area contributed by atoms with Crippen molar-refractivity contribution in [3.63, 3.8) is 0 Å². The van der Waals surface area contributed by atoms with Crippen LogP contribution < -0.4 is 20.1 Å². The number of ether oxygens (including phenoxy) is 1. The molecule has 0 radical (unpaired) electrons. The van der Waals surface area contributed by atoms with E-state index in [-0.39, 0.29) is 34.9 Å². The molecule has 3 N–H and O–H groups in total. The van der Waals surface area contributed by atoms with Gasteiger partial charge in [-0.05, 0) is 42.3 Å². The molecule has 1 fully saturated rings. The van der Waals surface area contributed by atoms with E-state index in [1.165, 1.54) is 42.7 Å². The number of benzene rings is 2. The first kappa shape index (κ1) is 30.6. The molecule has 0 aliphatic carbocycles. The molecular weight excluding hydrogens is 602 g/mol. The van der Waals surface area contributed by atoms with Gasteiger partial charge in [0.05, 0.1) is 35.3 Å². The van der Waals surface area contributed by atoms with Gasteiger partial charge in [0.15, 0.2) is 17.4 Å². The van der Waals surface area contributed by atoms with Crippen molar-refractivity contribution in [2.75, 3.05) is 29.8 Å². The van der Waals surface area contributed by atoms with Gasteiger partial charge in [-0.3, -0.25) is 9.11 Å². The first-order chi connectivity index (χ1) is 21.2. The van der Waals surface area contributed by atoms with Crippen molar-refractivity contribution < 1.29 is 30.7 Å². The molecule has 4 aromatic rings. The molecular formula is C29H25F4N7O3S. The van der Waals surface area contributed by atoms with Crippen LogP contribution in [0.1, 0.15) is 17.5 Å². The molecule has 228 valence electrons. The Morgan fingerprint density at radius 1 is 1.05 bits per heavy atom. The quantitative estimate of drug-likeness (QED) is 0.165. The average Bonchev–Trinajstić information content (AvgIpc) is 3.02. The van der Waals surface area contributed by atoms with Crippen molar-refractivity contribution in [1.82, 2.24) is 20.3 Å². The SMILES string of the molecule is N#Cc1ccc(CS(=O)(=O)Nc2c(F)cc(Oc3ncccc3-c3ccnc(NC4CNC[C@H](CF)C4)n3)c(F)c2F)cc1. The summed E-state index contributed by atoms with van der Waals surface area (Å²) in [7, 11) is -4.38. The molecule has 1 aliphatic rings. The van der Waals surface area contributed by atoms with E-state index in [1.807, 2.05) is 6.07 Å². The van der Waals surface area contributed by atoms with E-state index in [9.17, 15) is 17.2 Å². The molecule has 3 heterocycles. The third-order valence-corrected chi connectivity index (χ3v) is 7.95. The third-order valence-electron chi connectivity index (χ3n) is 6.72. The minimum atomic E-state index is -4.38. The second-order valence-corrected chi connectivity index (χ2v) is 11.7. The average molecular weight is 628 g/mol. The normalized spacial score (nSPS) is 16.6. The largest absolute Gasteiger partial charge is 0.435 e. The van der Waals surface area contributed by atoms with Gasteiger partial charge >= 0.3 is 0 Å². The predicted octanol–water partition coefficient (Wildman–Crippen LogP) is 4.92. The van der Waals surface area contributed by atoms with Crippen LogP contribution in [0.4, 0.5) is 29.2 Å². The minimum absolute atomic E-state index is 0.121. The molecule has 5 rings (SSSR count). The maximum absolute atomic E-state index is 15.1. The number of pyridine rings is 1. The molecule has 1 saturated heterocycles. The van der Waals surface area contributed by atoms with Gasteiger partial charge in [0.25, 0.3) is 0 Å². The zero-order valence-electron chi connectivity index (χ0n) is 22.9. The fraction of sp³-hybridized carbons (Fsp3) is 0.241. The lowest BCUT2D eigenvalue weighted by atomic mass is 9.97. The third kappa shape index (κ3) is 7.21. The predicted molar refractivity (Wildman–Crippen MR) is 153 cm³/mol. The van der Waals surface area contributed by atoms with Crippen molar-refractivity contribution in [1.29, 1.82) is 5.26 Å². The topological polar surface area (TPSA) is 142 Å². The second-order valence-electron chi connectivity index (χ2n) is 10.0.